The van der Waals surface area contributed by atoms with E-state index in [4.69, 9.17) is 15.2 Å². The fourth-order valence-electron chi connectivity index (χ4n) is 1.76. The largest absolute Gasteiger partial charge is 0.494 e. The Balaban J connectivity index is 2.12. The summed E-state index contributed by atoms with van der Waals surface area (Å²) >= 11 is 0. The summed E-state index contributed by atoms with van der Waals surface area (Å²) in [5, 5.41) is 0. The number of nitrogens with zero attached hydrogens (tertiary/aromatic N) is 2. The molecular weight excluding hydrogens is 254 g/mol. The number of hydrogen-bond acceptors (Lipinski definition) is 5. The molecule has 0 saturated heterocycles. The zero-order valence-corrected chi connectivity index (χ0v) is 11.8. The highest BCUT2D eigenvalue weighted by Crippen LogP contribution is 2.27. The Kier molecular flexibility index (Phi) is 4.76. The summed E-state index contributed by atoms with van der Waals surface area (Å²) in [7, 11) is 0. The van der Waals surface area contributed by atoms with E-state index in [0.717, 1.165) is 24.2 Å². The van der Waals surface area contributed by atoms with Crippen LogP contribution in [0.2, 0.25) is 0 Å². The summed E-state index contributed by atoms with van der Waals surface area (Å²) in [5.74, 6) is 2.49. The molecule has 0 aliphatic carbocycles. The second kappa shape index (κ2) is 6.75. The van der Waals surface area contributed by atoms with Gasteiger partial charge in [-0.1, -0.05) is 13.8 Å². The van der Waals surface area contributed by atoms with Gasteiger partial charge in [-0.3, -0.25) is 0 Å². The molecule has 0 aliphatic heterocycles. The van der Waals surface area contributed by atoms with Gasteiger partial charge < -0.3 is 15.2 Å². The molecule has 0 saturated carbocycles. The molecule has 0 unspecified atom stereocenters. The van der Waals surface area contributed by atoms with E-state index in [1.165, 1.54) is 6.33 Å². The minimum Gasteiger partial charge on any atom is -0.494 e. The first-order chi connectivity index (χ1) is 9.74. The summed E-state index contributed by atoms with van der Waals surface area (Å²) in [6, 6.07) is 7.45. The molecule has 2 rings (SSSR count). The molecule has 106 valence electrons. The van der Waals surface area contributed by atoms with E-state index < -0.39 is 0 Å². The zero-order chi connectivity index (χ0) is 14.4. The molecule has 0 radical (unpaired) electrons. The van der Waals surface area contributed by atoms with Crippen molar-refractivity contribution in [2.45, 2.75) is 26.7 Å². The second-order valence-electron chi connectivity index (χ2n) is 4.32. The third kappa shape index (κ3) is 3.38. The number of nitrogen functional groups attached to an aromatic ring is 1. The molecule has 0 aliphatic rings. The fourth-order valence-corrected chi connectivity index (χ4v) is 1.76. The van der Waals surface area contributed by atoms with Gasteiger partial charge in [-0.25, -0.2) is 9.97 Å². The van der Waals surface area contributed by atoms with Crippen LogP contribution < -0.4 is 15.2 Å². The first-order valence-corrected chi connectivity index (χ1v) is 6.74. The Morgan fingerprint density at radius 3 is 2.40 bits per heavy atom. The molecule has 5 nitrogen and oxygen atoms in total. The molecule has 1 aromatic carbocycles. The fraction of sp³-hybridized carbons (Fsp3) is 0.333. The number of ether oxygens (including phenoxy) is 2. The number of benzene rings is 1. The van der Waals surface area contributed by atoms with E-state index in [1.807, 2.05) is 31.2 Å². The maximum absolute atomic E-state index is 5.81. The molecule has 2 aromatic rings. The quantitative estimate of drug-likeness (QED) is 0.875. The lowest BCUT2D eigenvalue weighted by atomic mass is 10.2. The van der Waals surface area contributed by atoms with Crippen molar-refractivity contribution in [3.63, 3.8) is 0 Å². The number of hydrogen-bond donors (Lipinski definition) is 1. The van der Waals surface area contributed by atoms with Crippen LogP contribution in [-0.4, -0.2) is 16.6 Å². The number of nitrogens with two attached hydrogens (primary N) is 1. The van der Waals surface area contributed by atoms with E-state index in [-0.39, 0.29) is 0 Å². The second-order valence-corrected chi connectivity index (χ2v) is 4.32. The predicted octanol–water partition coefficient (Wildman–Crippen LogP) is 3.20. The van der Waals surface area contributed by atoms with Crippen molar-refractivity contribution >= 4 is 5.82 Å². The van der Waals surface area contributed by atoms with Crippen molar-refractivity contribution in [2.75, 3.05) is 12.3 Å². The van der Waals surface area contributed by atoms with Crippen LogP contribution in [0.5, 0.6) is 17.4 Å². The van der Waals surface area contributed by atoms with Crippen molar-refractivity contribution in [3.8, 4) is 17.4 Å². The lowest BCUT2D eigenvalue weighted by Crippen LogP contribution is -2.01. The molecule has 0 spiro atoms. The first kappa shape index (κ1) is 14.1. The van der Waals surface area contributed by atoms with Crippen molar-refractivity contribution < 1.29 is 9.47 Å². The highest BCUT2D eigenvalue weighted by atomic mass is 16.5. The highest BCUT2D eigenvalue weighted by molar-refractivity contribution is 5.46. The van der Waals surface area contributed by atoms with Gasteiger partial charge in [0.2, 0.25) is 5.88 Å². The van der Waals surface area contributed by atoms with Crippen LogP contribution in [0.4, 0.5) is 5.82 Å². The van der Waals surface area contributed by atoms with Crippen LogP contribution in [0.3, 0.4) is 0 Å². The van der Waals surface area contributed by atoms with Gasteiger partial charge in [0.25, 0.3) is 0 Å². The topological polar surface area (TPSA) is 70.3 Å². The van der Waals surface area contributed by atoms with Gasteiger partial charge in [-0.2, -0.15) is 0 Å². The molecule has 5 heteroatoms. The monoisotopic (exact) mass is 273 g/mol. The Morgan fingerprint density at radius 2 is 1.75 bits per heavy atom. The highest BCUT2D eigenvalue weighted by Gasteiger charge is 2.09. The molecule has 20 heavy (non-hydrogen) atoms. The first-order valence-electron chi connectivity index (χ1n) is 6.74. The number of rotatable bonds is 6. The normalized spacial score (nSPS) is 10.3. The van der Waals surface area contributed by atoms with Gasteiger partial charge in [0.15, 0.2) is 0 Å². The van der Waals surface area contributed by atoms with Gasteiger partial charge in [-0.05, 0) is 37.1 Å². The maximum atomic E-state index is 5.81. The average Bonchev–Trinajstić information content (AvgIpc) is 2.47. The van der Waals surface area contributed by atoms with Crippen LogP contribution in [0.1, 0.15) is 25.8 Å². The van der Waals surface area contributed by atoms with Crippen molar-refractivity contribution in [1.82, 2.24) is 9.97 Å². The lowest BCUT2D eigenvalue weighted by molar-refractivity contribution is 0.317. The van der Waals surface area contributed by atoms with Crippen LogP contribution in [-0.2, 0) is 6.42 Å². The molecule has 1 aromatic heterocycles. The molecule has 0 atom stereocenters. The van der Waals surface area contributed by atoms with Gasteiger partial charge in [-0.15, -0.1) is 0 Å². The van der Waals surface area contributed by atoms with Crippen molar-refractivity contribution in [3.05, 3.63) is 36.2 Å². The van der Waals surface area contributed by atoms with E-state index in [1.54, 1.807) is 0 Å². The van der Waals surface area contributed by atoms with Gasteiger partial charge >= 0.3 is 0 Å². The summed E-state index contributed by atoms with van der Waals surface area (Å²) in [6.07, 6.45) is 3.11. The SMILES string of the molecule is CCCOc1ccc(Oc2ncnc(N)c2CC)cc1. The minimum atomic E-state index is 0.459. The van der Waals surface area contributed by atoms with Crippen LogP contribution >= 0.6 is 0 Å². The van der Waals surface area contributed by atoms with Crippen LogP contribution in [0.25, 0.3) is 0 Å². The molecular formula is C15H19N3O2. The third-order valence-corrected chi connectivity index (χ3v) is 2.80. The Hall–Kier alpha value is -2.30. The standard InChI is InChI=1S/C15H19N3O2/c1-3-9-19-11-5-7-12(8-6-11)20-15-13(4-2)14(16)17-10-18-15/h5-8,10H,3-4,9H2,1-2H3,(H2,16,17,18). The third-order valence-electron chi connectivity index (χ3n) is 2.80. The van der Waals surface area contributed by atoms with Crippen molar-refractivity contribution in [1.29, 1.82) is 0 Å². The van der Waals surface area contributed by atoms with E-state index in [2.05, 4.69) is 16.9 Å². The van der Waals surface area contributed by atoms with Gasteiger partial charge in [0.1, 0.15) is 23.6 Å². The summed E-state index contributed by atoms with van der Waals surface area (Å²) in [5.41, 5.74) is 6.63. The van der Waals surface area contributed by atoms with Crippen LogP contribution in [0, 0.1) is 0 Å². The Bertz CT molecular complexity index is 556. The van der Waals surface area contributed by atoms with E-state index in [0.29, 0.717) is 24.1 Å². The molecule has 0 bridgehead atoms. The Labute approximate surface area is 118 Å². The molecule has 1 heterocycles. The van der Waals surface area contributed by atoms with Crippen molar-refractivity contribution in [2.24, 2.45) is 0 Å². The van der Waals surface area contributed by atoms with Crippen LogP contribution in [0.15, 0.2) is 30.6 Å². The molecule has 0 fully saturated rings. The number of aromatic nitrogens is 2. The Morgan fingerprint density at radius 1 is 1.05 bits per heavy atom. The zero-order valence-electron chi connectivity index (χ0n) is 11.8. The summed E-state index contributed by atoms with van der Waals surface area (Å²) < 4.78 is 11.3. The van der Waals surface area contributed by atoms with Gasteiger partial charge in [0, 0.05) is 0 Å². The summed E-state index contributed by atoms with van der Waals surface area (Å²) in [6.45, 7) is 4.77. The predicted molar refractivity (Wildman–Crippen MR) is 78.1 cm³/mol. The smallest absolute Gasteiger partial charge is 0.227 e. The number of anilines is 1. The lowest BCUT2D eigenvalue weighted by Gasteiger charge is -2.10. The summed E-state index contributed by atoms with van der Waals surface area (Å²) in [4.78, 5) is 8.10. The van der Waals surface area contributed by atoms with E-state index in [9.17, 15) is 0 Å². The molecule has 0 amide bonds. The molecule has 2 N–H and O–H groups in total. The van der Waals surface area contributed by atoms with Gasteiger partial charge in [0.05, 0.1) is 12.2 Å². The van der Waals surface area contributed by atoms with E-state index >= 15 is 0 Å². The maximum Gasteiger partial charge on any atom is 0.227 e. The average molecular weight is 273 g/mol. The minimum absolute atomic E-state index is 0.459.